The summed E-state index contributed by atoms with van der Waals surface area (Å²) in [6.45, 7) is 2.08. The number of unbranched alkanes of at least 4 members (excludes halogenated alkanes) is 3. The van der Waals surface area contributed by atoms with E-state index in [1.807, 2.05) is 0 Å². The fourth-order valence-electron chi connectivity index (χ4n) is 2.21. The van der Waals surface area contributed by atoms with Gasteiger partial charge >= 0.3 is 5.97 Å². The molecule has 0 unspecified atom stereocenters. The number of alkyl halides is 3. The molecule has 0 spiro atoms. The van der Waals surface area contributed by atoms with Crippen LogP contribution >= 0.6 is 47.0 Å². The van der Waals surface area contributed by atoms with Gasteiger partial charge in [-0.05, 0) is 30.8 Å². The SMILES string of the molecule is CCCCCCC(=O)N[C@@H](NC(=S)Nc1ccccc1C(=O)O)C(Cl)(Cl)Cl. The first-order valence-electron chi connectivity index (χ1n) is 8.41. The molecule has 1 aromatic carbocycles. The first-order valence-corrected chi connectivity index (χ1v) is 9.95. The number of carbonyl (C=O) groups is 2. The molecular formula is C17H22Cl3N3O3S. The predicted octanol–water partition coefficient (Wildman–Crippen LogP) is 4.45. The zero-order chi connectivity index (χ0) is 20.4. The summed E-state index contributed by atoms with van der Waals surface area (Å²) in [7, 11) is 0. The normalized spacial score (nSPS) is 12.1. The van der Waals surface area contributed by atoms with Crippen molar-refractivity contribution in [3.8, 4) is 0 Å². The summed E-state index contributed by atoms with van der Waals surface area (Å²) in [5.74, 6) is -1.39. The quantitative estimate of drug-likeness (QED) is 0.191. The standard InChI is InChI=1S/C17H22Cl3N3O3S/c1-2-3-4-5-10-13(24)22-15(17(18,19)20)23-16(27)21-12-9-7-6-8-11(12)14(25)26/h6-9,15H,2-5,10H2,1H3,(H,22,24)(H,25,26)(H2,21,23,27)/t15-/m0/s1. The van der Waals surface area contributed by atoms with Gasteiger partial charge in [-0.1, -0.05) is 73.1 Å². The molecule has 0 aromatic heterocycles. The number of hydrogen-bond acceptors (Lipinski definition) is 3. The van der Waals surface area contributed by atoms with E-state index < -0.39 is 15.9 Å². The van der Waals surface area contributed by atoms with Crippen LogP contribution in [0.25, 0.3) is 0 Å². The van der Waals surface area contributed by atoms with Crippen molar-refractivity contribution >= 4 is 69.7 Å². The number of nitrogens with one attached hydrogen (secondary N) is 3. The molecule has 0 heterocycles. The van der Waals surface area contributed by atoms with Gasteiger partial charge in [-0.25, -0.2) is 4.79 Å². The number of halogens is 3. The summed E-state index contributed by atoms with van der Waals surface area (Å²) in [6.07, 6.45) is 3.02. The van der Waals surface area contributed by atoms with Crippen molar-refractivity contribution in [2.24, 2.45) is 0 Å². The number of hydrogen-bond donors (Lipinski definition) is 4. The molecule has 1 atom stereocenters. The molecule has 0 aliphatic carbocycles. The zero-order valence-corrected chi connectivity index (χ0v) is 17.8. The van der Waals surface area contributed by atoms with Crippen molar-refractivity contribution in [1.82, 2.24) is 10.6 Å². The van der Waals surface area contributed by atoms with Gasteiger partial charge in [0.05, 0.1) is 11.3 Å². The van der Waals surface area contributed by atoms with Crippen molar-refractivity contribution < 1.29 is 14.7 Å². The number of amides is 1. The van der Waals surface area contributed by atoms with E-state index in [1.165, 1.54) is 6.07 Å². The zero-order valence-electron chi connectivity index (χ0n) is 14.7. The van der Waals surface area contributed by atoms with Gasteiger partial charge in [0.1, 0.15) is 6.17 Å². The van der Waals surface area contributed by atoms with Crippen LogP contribution in [0.3, 0.4) is 0 Å². The van der Waals surface area contributed by atoms with Crippen LogP contribution in [0.15, 0.2) is 24.3 Å². The number of carboxylic acids is 1. The Morgan fingerprint density at radius 1 is 1.15 bits per heavy atom. The lowest BCUT2D eigenvalue weighted by molar-refractivity contribution is -0.122. The highest BCUT2D eigenvalue weighted by Gasteiger charge is 2.34. The lowest BCUT2D eigenvalue weighted by atomic mass is 10.1. The van der Waals surface area contributed by atoms with E-state index in [0.717, 1.165) is 25.7 Å². The topological polar surface area (TPSA) is 90.5 Å². The minimum atomic E-state index is -1.86. The van der Waals surface area contributed by atoms with Crippen molar-refractivity contribution in [3.05, 3.63) is 29.8 Å². The first kappa shape index (κ1) is 23.8. The van der Waals surface area contributed by atoms with Gasteiger partial charge in [0.15, 0.2) is 5.11 Å². The molecule has 27 heavy (non-hydrogen) atoms. The van der Waals surface area contributed by atoms with Gasteiger partial charge in [-0.15, -0.1) is 0 Å². The van der Waals surface area contributed by atoms with Crippen LogP contribution in [0, 0.1) is 0 Å². The van der Waals surface area contributed by atoms with Crippen LogP contribution in [-0.4, -0.2) is 32.1 Å². The second-order valence-corrected chi connectivity index (χ2v) is 8.58. The second kappa shape index (κ2) is 11.5. The van der Waals surface area contributed by atoms with Crippen LogP contribution < -0.4 is 16.0 Å². The smallest absolute Gasteiger partial charge is 0.337 e. The number of anilines is 1. The average molecular weight is 455 g/mol. The summed E-state index contributed by atoms with van der Waals surface area (Å²) < 4.78 is -1.86. The summed E-state index contributed by atoms with van der Waals surface area (Å²) in [5.41, 5.74) is 0.309. The molecule has 0 aliphatic heterocycles. The van der Waals surface area contributed by atoms with Crippen LogP contribution in [0.4, 0.5) is 5.69 Å². The van der Waals surface area contributed by atoms with Crippen molar-refractivity contribution in [2.75, 3.05) is 5.32 Å². The maximum atomic E-state index is 12.1. The molecule has 1 amide bonds. The largest absolute Gasteiger partial charge is 0.478 e. The Kier molecular flexibility index (Phi) is 10.2. The molecule has 1 rings (SSSR count). The molecule has 150 valence electrons. The molecule has 0 radical (unpaired) electrons. The van der Waals surface area contributed by atoms with Crippen LogP contribution in [0.2, 0.25) is 0 Å². The van der Waals surface area contributed by atoms with Crippen molar-refractivity contribution in [1.29, 1.82) is 0 Å². The fraction of sp³-hybridized carbons (Fsp3) is 0.471. The van der Waals surface area contributed by atoms with E-state index in [2.05, 4.69) is 22.9 Å². The summed E-state index contributed by atoms with van der Waals surface area (Å²) in [6, 6.07) is 6.22. The highest BCUT2D eigenvalue weighted by Crippen LogP contribution is 2.29. The minimum absolute atomic E-state index is 0.00584. The van der Waals surface area contributed by atoms with Gasteiger partial charge in [-0.3, -0.25) is 4.79 Å². The molecular weight excluding hydrogens is 433 g/mol. The average Bonchev–Trinajstić information content (AvgIpc) is 2.57. The van der Waals surface area contributed by atoms with Gasteiger partial charge in [0.2, 0.25) is 9.70 Å². The number of carboxylic acid groups (broad SMARTS) is 1. The lowest BCUT2D eigenvalue weighted by Gasteiger charge is -2.28. The van der Waals surface area contributed by atoms with Gasteiger partial charge in [-0.2, -0.15) is 0 Å². The van der Waals surface area contributed by atoms with Gasteiger partial charge in [0.25, 0.3) is 0 Å². The maximum absolute atomic E-state index is 12.1. The number of thiocarbonyl (C=S) groups is 1. The third-order valence-electron chi connectivity index (χ3n) is 3.57. The Hall–Kier alpha value is -1.28. The molecule has 0 aliphatic rings. The Balaban J connectivity index is 2.70. The number of para-hydroxylation sites is 1. The van der Waals surface area contributed by atoms with Crippen LogP contribution in [0.1, 0.15) is 49.4 Å². The van der Waals surface area contributed by atoms with Crippen molar-refractivity contribution in [3.63, 3.8) is 0 Å². The highest BCUT2D eigenvalue weighted by atomic mass is 35.6. The van der Waals surface area contributed by atoms with Crippen molar-refractivity contribution in [2.45, 2.75) is 49.0 Å². The molecule has 6 nitrogen and oxygen atoms in total. The van der Waals surface area contributed by atoms with Gasteiger partial charge < -0.3 is 21.1 Å². The van der Waals surface area contributed by atoms with E-state index in [0.29, 0.717) is 6.42 Å². The maximum Gasteiger partial charge on any atom is 0.337 e. The van der Waals surface area contributed by atoms with E-state index in [1.54, 1.807) is 18.2 Å². The molecule has 1 aromatic rings. The Labute approximate surface area is 178 Å². The number of benzene rings is 1. The molecule has 10 heteroatoms. The van der Waals surface area contributed by atoms with E-state index in [4.69, 9.17) is 47.0 Å². The molecule has 0 fully saturated rings. The van der Waals surface area contributed by atoms with E-state index >= 15 is 0 Å². The summed E-state index contributed by atoms with van der Waals surface area (Å²) in [5, 5.41) is 17.3. The van der Waals surface area contributed by atoms with E-state index in [-0.39, 0.29) is 22.3 Å². The molecule has 0 saturated carbocycles. The molecule has 0 saturated heterocycles. The van der Waals surface area contributed by atoms with Gasteiger partial charge in [0, 0.05) is 6.42 Å². The minimum Gasteiger partial charge on any atom is -0.478 e. The predicted molar refractivity (Wildman–Crippen MR) is 114 cm³/mol. The second-order valence-electron chi connectivity index (χ2n) is 5.80. The van der Waals surface area contributed by atoms with Crippen LogP contribution in [0.5, 0.6) is 0 Å². The number of carbonyl (C=O) groups excluding carboxylic acids is 1. The Morgan fingerprint density at radius 2 is 1.81 bits per heavy atom. The fourth-order valence-corrected chi connectivity index (χ4v) is 2.77. The highest BCUT2D eigenvalue weighted by molar-refractivity contribution is 7.80. The monoisotopic (exact) mass is 453 g/mol. The van der Waals surface area contributed by atoms with Crippen LogP contribution in [-0.2, 0) is 4.79 Å². The Bertz CT molecular complexity index is 668. The molecule has 0 bridgehead atoms. The molecule has 4 N–H and O–H groups in total. The number of rotatable bonds is 9. The summed E-state index contributed by atoms with van der Waals surface area (Å²) >= 11 is 22.9. The Morgan fingerprint density at radius 3 is 2.41 bits per heavy atom. The van der Waals surface area contributed by atoms with E-state index in [9.17, 15) is 14.7 Å². The number of aromatic carboxylic acids is 1. The lowest BCUT2D eigenvalue weighted by Crippen LogP contribution is -2.56. The third kappa shape index (κ3) is 8.97. The first-order chi connectivity index (χ1) is 12.6. The summed E-state index contributed by atoms with van der Waals surface area (Å²) in [4.78, 5) is 23.3. The third-order valence-corrected chi connectivity index (χ3v) is 4.45.